The van der Waals surface area contributed by atoms with Gasteiger partial charge in [0, 0.05) is 41.4 Å². The highest BCUT2D eigenvalue weighted by Gasteiger charge is 2.16. The van der Waals surface area contributed by atoms with E-state index in [-0.39, 0.29) is 0 Å². The summed E-state index contributed by atoms with van der Waals surface area (Å²) in [6.45, 7) is 0. The second-order valence-electron chi connectivity index (χ2n) is 6.38. The third-order valence-corrected chi connectivity index (χ3v) is 5.97. The van der Waals surface area contributed by atoms with E-state index in [2.05, 4.69) is 45.6 Å². The van der Waals surface area contributed by atoms with Gasteiger partial charge in [0.25, 0.3) is 0 Å². The van der Waals surface area contributed by atoms with Gasteiger partial charge in [-0.25, -0.2) is 0 Å². The molecule has 122 valence electrons. The van der Waals surface area contributed by atoms with Crippen molar-refractivity contribution in [2.45, 2.75) is 19.3 Å². The molecule has 0 bridgehead atoms. The van der Waals surface area contributed by atoms with Crippen molar-refractivity contribution in [1.82, 2.24) is 9.97 Å². The van der Waals surface area contributed by atoms with Gasteiger partial charge in [0.05, 0.1) is 15.3 Å². The standard InChI is InChI=1S/C21H17N3S/c1-3-14-6-7-17(11-15(14)4-1)24-20-18-8-10-23-13-19(18)25-21(20)16-5-2-9-22-12-16/h2,5-13,24H,1,3-4H2. The summed E-state index contributed by atoms with van der Waals surface area (Å²) in [6, 6.07) is 12.9. The summed E-state index contributed by atoms with van der Waals surface area (Å²) in [6.07, 6.45) is 11.2. The number of thiophene rings is 1. The Morgan fingerprint density at radius 3 is 2.76 bits per heavy atom. The molecule has 1 aromatic carbocycles. The first-order chi connectivity index (χ1) is 12.4. The van der Waals surface area contributed by atoms with Gasteiger partial charge >= 0.3 is 0 Å². The molecule has 3 nitrogen and oxygen atoms in total. The third kappa shape index (κ3) is 2.59. The Hall–Kier alpha value is -2.72. The van der Waals surface area contributed by atoms with E-state index in [4.69, 9.17) is 0 Å². The molecule has 25 heavy (non-hydrogen) atoms. The van der Waals surface area contributed by atoms with Crippen LogP contribution in [0.4, 0.5) is 11.4 Å². The second-order valence-corrected chi connectivity index (χ2v) is 7.43. The lowest BCUT2D eigenvalue weighted by molar-refractivity contribution is 0.912. The molecule has 0 amide bonds. The van der Waals surface area contributed by atoms with Gasteiger partial charge in [-0.1, -0.05) is 12.1 Å². The SMILES string of the molecule is c1cncc(-c2sc3cnccc3c2Nc2ccc3c(c2)CCC3)c1. The Labute approximate surface area is 150 Å². The number of aromatic nitrogens is 2. The summed E-state index contributed by atoms with van der Waals surface area (Å²) in [5.41, 5.74) is 6.41. The average Bonchev–Trinajstić information content (AvgIpc) is 3.27. The van der Waals surface area contributed by atoms with Crippen molar-refractivity contribution >= 4 is 32.8 Å². The van der Waals surface area contributed by atoms with E-state index in [1.54, 1.807) is 11.3 Å². The summed E-state index contributed by atoms with van der Waals surface area (Å²) < 4.78 is 1.19. The molecule has 4 heteroatoms. The zero-order chi connectivity index (χ0) is 16.6. The van der Waals surface area contributed by atoms with E-state index in [0.29, 0.717) is 0 Å². The molecule has 1 aliphatic rings. The summed E-state index contributed by atoms with van der Waals surface area (Å²) in [5, 5.41) is 4.89. The molecule has 0 unspecified atom stereocenters. The first-order valence-corrected chi connectivity index (χ1v) is 9.36. The Kier molecular flexibility index (Phi) is 3.49. The quantitative estimate of drug-likeness (QED) is 0.527. The molecule has 0 saturated heterocycles. The summed E-state index contributed by atoms with van der Waals surface area (Å²) in [7, 11) is 0. The minimum atomic E-state index is 1.13. The monoisotopic (exact) mass is 343 g/mol. The maximum absolute atomic E-state index is 4.29. The minimum Gasteiger partial charge on any atom is -0.354 e. The third-order valence-electron chi connectivity index (χ3n) is 4.78. The molecule has 0 atom stereocenters. The topological polar surface area (TPSA) is 37.8 Å². The van der Waals surface area contributed by atoms with Crippen LogP contribution in [0.3, 0.4) is 0 Å². The molecule has 1 N–H and O–H groups in total. The van der Waals surface area contributed by atoms with Crippen LogP contribution in [0.15, 0.2) is 61.2 Å². The second kappa shape index (κ2) is 5.97. The number of pyridine rings is 2. The van der Waals surface area contributed by atoms with Crippen molar-refractivity contribution in [3.63, 3.8) is 0 Å². The van der Waals surface area contributed by atoms with E-state index < -0.39 is 0 Å². The zero-order valence-corrected chi connectivity index (χ0v) is 14.5. The van der Waals surface area contributed by atoms with Gasteiger partial charge in [-0.05, 0) is 54.7 Å². The zero-order valence-electron chi connectivity index (χ0n) is 13.7. The minimum absolute atomic E-state index is 1.13. The van der Waals surface area contributed by atoms with Gasteiger partial charge in [-0.2, -0.15) is 0 Å². The van der Waals surface area contributed by atoms with E-state index in [9.17, 15) is 0 Å². The number of hydrogen-bond acceptors (Lipinski definition) is 4. The predicted molar refractivity (Wildman–Crippen MR) is 105 cm³/mol. The highest BCUT2D eigenvalue weighted by molar-refractivity contribution is 7.23. The Morgan fingerprint density at radius 2 is 1.84 bits per heavy atom. The lowest BCUT2D eigenvalue weighted by Crippen LogP contribution is -1.93. The van der Waals surface area contributed by atoms with Crippen LogP contribution in [-0.4, -0.2) is 9.97 Å². The largest absolute Gasteiger partial charge is 0.354 e. The fraction of sp³-hybridized carbons (Fsp3) is 0.143. The van der Waals surface area contributed by atoms with Crippen LogP contribution in [0, 0.1) is 0 Å². The van der Waals surface area contributed by atoms with Crippen LogP contribution in [0.1, 0.15) is 17.5 Å². The molecule has 5 rings (SSSR count). The molecule has 0 fully saturated rings. The summed E-state index contributed by atoms with van der Waals surface area (Å²) in [5.74, 6) is 0. The van der Waals surface area contributed by atoms with Crippen LogP contribution in [0.5, 0.6) is 0 Å². The molecule has 1 aliphatic carbocycles. The van der Waals surface area contributed by atoms with Crippen molar-refractivity contribution in [2.75, 3.05) is 5.32 Å². The Morgan fingerprint density at radius 1 is 0.920 bits per heavy atom. The number of aryl methyl sites for hydroxylation is 2. The average molecular weight is 343 g/mol. The van der Waals surface area contributed by atoms with Gasteiger partial charge in [-0.3, -0.25) is 9.97 Å². The van der Waals surface area contributed by atoms with E-state index in [0.717, 1.165) is 16.9 Å². The molecule has 4 aromatic rings. The van der Waals surface area contributed by atoms with Crippen molar-refractivity contribution in [3.05, 3.63) is 72.3 Å². The Balaban J connectivity index is 1.64. The van der Waals surface area contributed by atoms with Gasteiger partial charge < -0.3 is 5.32 Å². The number of fused-ring (bicyclic) bond motifs is 2. The maximum atomic E-state index is 4.29. The normalized spacial score (nSPS) is 13.1. The number of anilines is 2. The highest BCUT2D eigenvalue weighted by Crippen LogP contribution is 2.43. The van der Waals surface area contributed by atoms with E-state index in [1.165, 1.54) is 45.4 Å². The molecule has 0 aliphatic heterocycles. The van der Waals surface area contributed by atoms with Gasteiger partial charge in [0.2, 0.25) is 0 Å². The lowest BCUT2D eigenvalue weighted by atomic mass is 10.1. The van der Waals surface area contributed by atoms with Crippen molar-refractivity contribution in [2.24, 2.45) is 0 Å². The molecular weight excluding hydrogens is 326 g/mol. The Bertz CT molecular complexity index is 1050. The predicted octanol–water partition coefficient (Wildman–Crippen LogP) is 5.59. The van der Waals surface area contributed by atoms with Crippen molar-refractivity contribution in [1.29, 1.82) is 0 Å². The van der Waals surface area contributed by atoms with Crippen molar-refractivity contribution < 1.29 is 0 Å². The van der Waals surface area contributed by atoms with Gasteiger partial charge in [0.15, 0.2) is 0 Å². The molecule has 3 heterocycles. The number of hydrogen-bond donors (Lipinski definition) is 1. The molecule has 0 radical (unpaired) electrons. The lowest BCUT2D eigenvalue weighted by Gasteiger charge is -2.10. The molecule has 3 aromatic heterocycles. The van der Waals surface area contributed by atoms with Crippen LogP contribution >= 0.6 is 11.3 Å². The number of nitrogens with one attached hydrogen (secondary N) is 1. The van der Waals surface area contributed by atoms with Crippen LogP contribution < -0.4 is 5.32 Å². The van der Waals surface area contributed by atoms with Gasteiger partial charge in [0.1, 0.15) is 0 Å². The molecular formula is C21H17N3S. The fourth-order valence-electron chi connectivity index (χ4n) is 3.57. The van der Waals surface area contributed by atoms with E-state index >= 15 is 0 Å². The van der Waals surface area contributed by atoms with Crippen LogP contribution in [0.2, 0.25) is 0 Å². The van der Waals surface area contributed by atoms with Crippen molar-refractivity contribution in [3.8, 4) is 10.4 Å². The van der Waals surface area contributed by atoms with Crippen LogP contribution in [-0.2, 0) is 12.8 Å². The first-order valence-electron chi connectivity index (χ1n) is 8.54. The van der Waals surface area contributed by atoms with E-state index in [1.807, 2.05) is 30.9 Å². The number of nitrogens with zero attached hydrogens (tertiary/aromatic N) is 2. The molecule has 0 saturated carbocycles. The molecule has 0 spiro atoms. The number of benzene rings is 1. The maximum Gasteiger partial charge on any atom is 0.0655 e. The summed E-state index contributed by atoms with van der Waals surface area (Å²) >= 11 is 1.76. The first kappa shape index (κ1) is 14.6. The number of rotatable bonds is 3. The summed E-state index contributed by atoms with van der Waals surface area (Å²) in [4.78, 5) is 9.78. The highest BCUT2D eigenvalue weighted by atomic mass is 32.1. The van der Waals surface area contributed by atoms with Gasteiger partial charge in [-0.15, -0.1) is 11.3 Å². The van der Waals surface area contributed by atoms with Crippen LogP contribution in [0.25, 0.3) is 20.5 Å². The smallest absolute Gasteiger partial charge is 0.0655 e. The fourth-order valence-corrected chi connectivity index (χ4v) is 4.68.